The first-order valence-electron chi connectivity index (χ1n) is 6.20. The number of carbonyl (C=O) groups is 1. The molecule has 0 bridgehead atoms. The van der Waals surface area contributed by atoms with E-state index in [9.17, 15) is 4.79 Å². The summed E-state index contributed by atoms with van der Waals surface area (Å²) in [5.74, 6) is 0.220. The van der Waals surface area contributed by atoms with Crippen molar-refractivity contribution in [3.8, 4) is 0 Å². The zero-order chi connectivity index (χ0) is 13.7. The van der Waals surface area contributed by atoms with Crippen LogP contribution in [0.25, 0.3) is 0 Å². The van der Waals surface area contributed by atoms with Crippen LogP contribution in [0.5, 0.6) is 0 Å². The Morgan fingerprint density at radius 2 is 1.94 bits per heavy atom. The molecule has 2 N–H and O–H groups in total. The second kappa shape index (κ2) is 6.90. The minimum absolute atomic E-state index is 0.00673. The standard InChI is InChI=1S/C14H21BrN2O/c1-4-10(2)13(16)14(18)17(3)9-11-5-7-12(15)8-6-11/h5-8,10,13H,4,9,16H2,1-3H3/t10-,13-/m0/s1. The zero-order valence-corrected chi connectivity index (χ0v) is 12.8. The highest BCUT2D eigenvalue weighted by Crippen LogP contribution is 2.13. The van der Waals surface area contributed by atoms with Gasteiger partial charge < -0.3 is 10.6 Å². The smallest absolute Gasteiger partial charge is 0.239 e. The largest absolute Gasteiger partial charge is 0.340 e. The number of carbonyl (C=O) groups excluding carboxylic acids is 1. The summed E-state index contributed by atoms with van der Waals surface area (Å²) in [6.45, 7) is 4.65. The third kappa shape index (κ3) is 4.10. The molecule has 0 aliphatic heterocycles. The summed E-state index contributed by atoms with van der Waals surface area (Å²) in [5, 5.41) is 0. The van der Waals surface area contributed by atoms with Crippen molar-refractivity contribution in [2.75, 3.05) is 7.05 Å². The van der Waals surface area contributed by atoms with E-state index in [2.05, 4.69) is 15.9 Å². The van der Waals surface area contributed by atoms with Gasteiger partial charge in [-0.05, 0) is 23.6 Å². The van der Waals surface area contributed by atoms with Gasteiger partial charge in [0, 0.05) is 18.1 Å². The highest BCUT2D eigenvalue weighted by Gasteiger charge is 2.22. The Labute approximate surface area is 117 Å². The van der Waals surface area contributed by atoms with Crippen molar-refractivity contribution in [3.63, 3.8) is 0 Å². The Morgan fingerprint density at radius 3 is 2.44 bits per heavy atom. The van der Waals surface area contributed by atoms with Crippen molar-refractivity contribution >= 4 is 21.8 Å². The van der Waals surface area contributed by atoms with Gasteiger partial charge in [-0.15, -0.1) is 0 Å². The number of hydrogen-bond acceptors (Lipinski definition) is 2. The molecular formula is C14H21BrN2O. The van der Waals surface area contributed by atoms with Crippen molar-refractivity contribution in [3.05, 3.63) is 34.3 Å². The van der Waals surface area contributed by atoms with Crippen LogP contribution in [-0.2, 0) is 11.3 Å². The maximum absolute atomic E-state index is 12.1. The van der Waals surface area contributed by atoms with Crippen LogP contribution in [0.1, 0.15) is 25.8 Å². The van der Waals surface area contributed by atoms with Gasteiger partial charge >= 0.3 is 0 Å². The highest BCUT2D eigenvalue weighted by atomic mass is 79.9. The average Bonchev–Trinajstić information content (AvgIpc) is 2.38. The minimum Gasteiger partial charge on any atom is -0.340 e. The van der Waals surface area contributed by atoms with Crippen molar-refractivity contribution in [1.82, 2.24) is 4.90 Å². The first kappa shape index (κ1) is 15.2. The molecule has 0 saturated heterocycles. The quantitative estimate of drug-likeness (QED) is 0.908. The Bertz CT molecular complexity index is 391. The predicted molar refractivity (Wildman–Crippen MR) is 78.0 cm³/mol. The first-order valence-corrected chi connectivity index (χ1v) is 7.00. The van der Waals surface area contributed by atoms with E-state index in [0.29, 0.717) is 6.54 Å². The predicted octanol–water partition coefficient (Wildman–Crippen LogP) is 2.78. The summed E-state index contributed by atoms with van der Waals surface area (Å²) < 4.78 is 1.04. The molecule has 0 saturated carbocycles. The average molecular weight is 313 g/mol. The van der Waals surface area contributed by atoms with Gasteiger partial charge in [-0.2, -0.15) is 0 Å². The molecule has 0 radical (unpaired) electrons. The molecule has 0 aliphatic rings. The van der Waals surface area contributed by atoms with E-state index in [-0.39, 0.29) is 11.8 Å². The second-order valence-electron chi connectivity index (χ2n) is 4.73. The molecular weight excluding hydrogens is 292 g/mol. The lowest BCUT2D eigenvalue weighted by molar-refractivity contribution is -0.132. The number of halogens is 1. The molecule has 0 unspecified atom stereocenters. The van der Waals surface area contributed by atoms with Crippen molar-refractivity contribution in [2.45, 2.75) is 32.9 Å². The van der Waals surface area contributed by atoms with Gasteiger partial charge in [0.1, 0.15) is 0 Å². The van der Waals surface area contributed by atoms with Gasteiger partial charge in [0.15, 0.2) is 0 Å². The topological polar surface area (TPSA) is 46.3 Å². The van der Waals surface area contributed by atoms with Gasteiger partial charge in [0.2, 0.25) is 5.91 Å². The third-order valence-electron chi connectivity index (χ3n) is 3.25. The van der Waals surface area contributed by atoms with Crippen LogP contribution in [0.3, 0.4) is 0 Å². The van der Waals surface area contributed by atoms with E-state index in [4.69, 9.17) is 5.73 Å². The lowest BCUT2D eigenvalue weighted by atomic mass is 9.99. The molecule has 18 heavy (non-hydrogen) atoms. The molecule has 2 atom stereocenters. The molecule has 3 nitrogen and oxygen atoms in total. The molecule has 0 spiro atoms. The van der Waals surface area contributed by atoms with Crippen LogP contribution < -0.4 is 5.73 Å². The van der Waals surface area contributed by atoms with Gasteiger partial charge in [-0.1, -0.05) is 48.3 Å². The number of likely N-dealkylation sites (N-methyl/N-ethyl adjacent to an activating group) is 1. The number of hydrogen-bond donors (Lipinski definition) is 1. The molecule has 0 aromatic heterocycles. The molecule has 1 aromatic carbocycles. The maximum Gasteiger partial charge on any atom is 0.239 e. The molecule has 1 amide bonds. The lowest BCUT2D eigenvalue weighted by Crippen LogP contribution is -2.45. The van der Waals surface area contributed by atoms with E-state index in [1.807, 2.05) is 38.1 Å². The third-order valence-corrected chi connectivity index (χ3v) is 3.78. The van der Waals surface area contributed by atoms with Gasteiger partial charge in [0.05, 0.1) is 6.04 Å². The number of nitrogens with zero attached hydrogens (tertiary/aromatic N) is 1. The fourth-order valence-corrected chi connectivity index (χ4v) is 1.96. The van der Waals surface area contributed by atoms with Crippen LogP contribution in [0.4, 0.5) is 0 Å². The number of amides is 1. The fraction of sp³-hybridized carbons (Fsp3) is 0.500. The molecule has 0 aliphatic carbocycles. The van der Waals surface area contributed by atoms with Crippen LogP contribution in [0.15, 0.2) is 28.7 Å². The van der Waals surface area contributed by atoms with Crippen LogP contribution >= 0.6 is 15.9 Å². The lowest BCUT2D eigenvalue weighted by Gasteiger charge is -2.24. The molecule has 1 rings (SSSR count). The number of nitrogens with two attached hydrogens (primary N) is 1. The normalized spacial score (nSPS) is 14.1. The maximum atomic E-state index is 12.1. The summed E-state index contributed by atoms with van der Waals surface area (Å²) in [4.78, 5) is 13.8. The minimum atomic E-state index is -0.407. The van der Waals surface area contributed by atoms with Crippen molar-refractivity contribution in [1.29, 1.82) is 0 Å². The van der Waals surface area contributed by atoms with E-state index in [0.717, 1.165) is 16.5 Å². The Hall–Kier alpha value is -0.870. The number of benzene rings is 1. The molecule has 0 heterocycles. The summed E-state index contributed by atoms with van der Waals surface area (Å²) in [5.41, 5.74) is 7.05. The van der Waals surface area contributed by atoms with Crippen LogP contribution in [0, 0.1) is 5.92 Å². The Kier molecular flexibility index (Phi) is 5.82. The monoisotopic (exact) mass is 312 g/mol. The zero-order valence-electron chi connectivity index (χ0n) is 11.2. The summed E-state index contributed by atoms with van der Waals surface area (Å²) >= 11 is 3.39. The van der Waals surface area contributed by atoms with E-state index in [1.165, 1.54) is 0 Å². The Morgan fingerprint density at radius 1 is 1.39 bits per heavy atom. The molecule has 1 aromatic rings. The van der Waals surface area contributed by atoms with Crippen molar-refractivity contribution < 1.29 is 4.79 Å². The fourth-order valence-electron chi connectivity index (χ4n) is 1.69. The molecule has 100 valence electrons. The van der Waals surface area contributed by atoms with Crippen LogP contribution in [0.2, 0.25) is 0 Å². The first-order chi connectivity index (χ1) is 8.45. The van der Waals surface area contributed by atoms with E-state index >= 15 is 0 Å². The SMILES string of the molecule is CC[C@H](C)[C@H](N)C(=O)N(C)Cc1ccc(Br)cc1. The van der Waals surface area contributed by atoms with Gasteiger partial charge in [-0.3, -0.25) is 4.79 Å². The van der Waals surface area contributed by atoms with Gasteiger partial charge in [0.25, 0.3) is 0 Å². The second-order valence-corrected chi connectivity index (χ2v) is 5.65. The molecule has 0 fully saturated rings. The van der Waals surface area contributed by atoms with E-state index < -0.39 is 6.04 Å². The van der Waals surface area contributed by atoms with Crippen LogP contribution in [-0.4, -0.2) is 23.9 Å². The van der Waals surface area contributed by atoms with Crippen molar-refractivity contribution in [2.24, 2.45) is 11.7 Å². The number of rotatable bonds is 5. The Balaban J connectivity index is 2.62. The molecule has 4 heteroatoms. The summed E-state index contributed by atoms with van der Waals surface area (Å²) in [6, 6.07) is 7.55. The summed E-state index contributed by atoms with van der Waals surface area (Å²) in [6.07, 6.45) is 0.916. The highest BCUT2D eigenvalue weighted by molar-refractivity contribution is 9.10. The summed E-state index contributed by atoms with van der Waals surface area (Å²) in [7, 11) is 1.80. The van der Waals surface area contributed by atoms with E-state index in [1.54, 1.807) is 11.9 Å². The van der Waals surface area contributed by atoms with Gasteiger partial charge in [-0.25, -0.2) is 0 Å².